The van der Waals surface area contributed by atoms with E-state index >= 15 is 0 Å². The number of fused-ring (bicyclic) bond motifs is 1. The molecule has 0 aliphatic heterocycles. The summed E-state index contributed by atoms with van der Waals surface area (Å²) in [6, 6.07) is 7.93. The van der Waals surface area contributed by atoms with Crippen molar-refractivity contribution in [1.29, 1.82) is 0 Å². The normalized spacial score (nSPS) is 11.0. The summed E-state index contributed by atoms with van der Waals surface area (Å²) in [7, 11) is 0. The number of aromatic nitrogens is 4. The standard InChI is InChI=1S/C15H13ClN4S/c1-2-5-11-13(16)18-9-20-15(11)21-14-10-6-3-4-7-12(10)17-8-19-14/h3-4,6-9H,2,5H2,1H3. The first-order chi connectivity index (χ1) is 10.3. The molecule has 4 nitrogen and oxygen atoms in total. The van der Waals surface area contributed by atoms with Gasteiger partial charge in [0.15, 0.2) is 0 Å². The molecule has 3 rings (SSSR count). The summed E-state index contributed by atoms with van der Waals surface area (Å²) in [5, 5.41) is 3.28. The Kier molecular flexibility index (Phi) is 4.31. The number of hydrogen-bond acceptors (Lipinski definition) is 5. The van der Waals surface area contributed by atoms with Crippen LogP contribution in [0.2, 0.25) is 5.15 Å². The largest absolute Gasteiger partial charge is 0.236 e. The Morgan fingerprint density at radius 2 is 1.76 bits per heavy atom. The first-order valence-corrected chi connectivity index (χ1v) is 7.86. The predicted molar refractivity (Wildman–Crippen MR) is 84.7 cm³/mol. The van der Waals surface area contributed by atoms with Gasteiger partial charge in [-0.05, 0) is 24.2 Å². The van der Waals surface area contributed by atoms with Crippen molar-refractivity contribution in [2.24, 2.45) is 0 Å². The van der Waals surface area contributed by atoms with Crippen molar-refractivity contribution in [2.45, 2.75) is 29.8 Å². The molecular weight excluding hydrogens is 304 g/mol. The fourth-order valence-corrected chi connectivity index (χ4v) is 3.35. The van der Waals surface area contributed by atoms with Gasteiger partial charge < -0.3 is 0 Å². The van der Waals surface area contributed by atoms with Gasteiger partial charge in [0.25, 0.3) is 0 Å². The predicted octanol–water partition coefficient (Wildman–Crippen LogP) is 4.18. The van der Waals surface area contributed by atoms with E-state index in [1.54, 1.807) is 6.33 Å². The van der Waals surface area contributed by atoms with Crippen LogP contribution in [0.3, 0.4) is 0 Å². The summed E-state index contributed by atoms with van der Waals surface area (Å²) >= 11 is 7.71. The number of hydrogen-bond donors (Lipinski definition) is 0. The molecule has 0 radical (unpaired) electrons. The van der Waals surface area contributed by atoms with Crippen LogP contribution >= 0.6 is 23.4 Å². The second kappa shape index (κ2) is 6.37. The lowest BCUT2D eigenvalue weighted by Gasteiger charge is -2.09. The Balaban J connectivity index is 2.05. The highest BCUT2D eigenvalue weighted by Crippen LogP contribution is 2.33. The molecule has 21 heavy (non-hydrogen) atoms. The van der Waals surface area contributed by atoms with Crippen molar-refractivity contribution < 1.29 is 0 Å². The molecule has 1 aromatic carbocycles. The summed E-state index contributed by atoms with van der Waals surface area (Å²) in [5.41, 5.74) is 1.90. The van der Waals surface area contributed by atoms with Crippen LogP contribution < -0.4 is 0 Å². The van der Waals surface area contributed by atoms with Crippen LogP contribution in [0.15, 0.2) is 47.0 Å². The maximum absolute atomic E-state index is 6.20. The number of nitrogens with zero attached hydrogens (tertiary/aromatic N) is 4. The molecule has 0 aliphatic carbocycles. The van der Waals surface area contributed by atoms with E-state index in [-0.39, 0.29) is 0 Å². The Morgan fingerprint density at radius 1 is 1.00 bits per heavy atom. The van der Waals surface area contributed by atoms with E-state index in [0.29, 0.717) is 5.15 Å². The molecule has 0 saturated heterocycles. The van der Waals surface area contributed by atoms with Crippen molar-refractivity contribution in [2.75, 3.05) is 0 Å². The summed E-state index contributed by atoms with van der Waals surface area (Å²) in [6.45, 7) is 2.11. The van der Waals surface area contributed by atoms with E-state index in [4.69, 9.17) is 11.6 Å². The first kappa shape index (κ1) is 14.2. The molecule has 0 unspecified atom stereocenters. The molecule has 2 aromatic heterocycles. The van der Waals surface area contributed by atoms with Crippen molar-refractivity contribution in [3.8, 4) is 0 Å². The maximum atomic E-state index is 6.20. The fourth-order valence-electron chi connectivity index (χ4n) is 2.08. The third-order valence-corrected chi connectivity index (χ3v) is 4.44. The second-order valence-corrected chi connectivity index (χ2v) is 5.83. The van der Waals surface area contributed by atoms with Crippen LogP contribution in [0.4, 0.5) is 0 Å². The zero-order valence-electron chi connectivity index (χ0n) is 11.5. The van der Waals surface area contributed by atoms with Gasteiger partial charge in [-0.15, -0.1) is 0 Å². The van der Waals surface area contributed by atoms with E-state index in [1.807, 2.05) is 24.3 Å². The molecule has 2 heterocycles. The first-order valence-electron chi connectivity index (χ1n) is 6.66. The fraction of sp³-hybridized carbons (Fsp3) is 0.200. The average Bonchev–Trinajstić information content (AvgIpc) is 2.51. The Morgan fingerprint density at radius 3 is 2.62 bits per heavy atom. The Bertz CT molecular complexity index is 773. The Labute approximate surface area is 132 Å². The lowest BCUT2D eigenvalue weighted by molar-refractivity contribution is 0.855. The SMILES string of the molecule is CCCc1c(Cl)ncnc1Sc1ncnc2ccccc12. The van der Waals surface area contributed by atoms with Gasteiger partial charge in [-0.1, -0.05) is 43.1 Å². The van der Waals surface area contributed by atoms with Crippen molar-refractivity contribution in [3.63, 3.8) is 0 Å². The molecule has 0 fully saturated rings. The van der Waals surface area contributed by atoms with Gasteiger partial charge in [-0.25, -0.2) is 19.9 Å². The molecule has 3 aromatic rings. The zero-order valence-corrected chi connectivity index (χ0v) is 13.0. The number of para-hydroxylation sites is 1. The van der Waals surface area contributed by atoms with Gasteiger partial charge in [0.05, 0.1) is 5.52 Å². The third kappa shape index (κ3) is 2.99. The van der Waals surface area contributed by atoms with Gasteiger partial charge in [-0.3, -0.25) is 0 Å². The molecule has 0 bridgehead atoms. The smallest absolute Gasteiger partial charge is 0.136 e. The summed E-state index contributed by atoms with van der Waals surface area (Å²) < 4.78 is 0. The van der Waals surface area contributed by atoms with Gasteiger partial charge in [0.2, 0.25) is 0 Å². The second-order valence-electron chi connectivity index (χ2n) is 4.50. The van der Waals surface area contributed by atoms with Gasteiger partial charge in [0.1, 0.15) is 27.9 Å². The third-order valence-electron chi connectivity index (χ3n) is 3.05. The van der Waals surface area contributed by atoms with Crippen LogP contribution in [-0.4, -0.2) is 19.9 Å². The summed E-state index contributed by atoms with van der Waals surface area (Å²) in [5.74, 6) is 0. The van der Waals surface area contributed by atoms with Gasteiger partial charge in [0, 0.05) is 10.9 Å². The number of rotatable bonds is 4. The van der Waals surface area contributed by atoms with E-state index in [0.717, 1.165) is 39.4 Å². The molecule has 0 spiro atoms. The van der Waals surface area contributed by atoms with Crippen LogP contribution in [-0.2, 0) is 6.42 Å². The van der Waals surface area contributed by atoms with E-state index in [9.17, 15) is 0 Å². The van der Waals surface area contributed by atoms with Crippen LogP contribution in [0, 0.1) is 0 Å². The number of benzene rings is 1. The highest BCUT2D eigenvalue weighted by Gasteiger charge is 2.13. The summed E-state index contributed by atoms with van der Waals surface area (Å²) in [4.78, 5) is 17.1. The molecule has 0 aliphatic rings. The minimum absolute atomic E-state index is 0.521. The Hall–Kier alpha value is -1.72. The zero-order chi connectivity index (χ0) is 14.7. The van der Waals surface area contributed by atoms with Gasteiger partial charge >= 0.3 is 0 Å². The van der Waals surface area contributed by atoms with Crippen molar-refractivity contribution in [1.82, 2.24) is 19.9 Å². The van der Waals surface area contributed by atoms with Crippen LogP contribution in [0.25, 0.3) is 10.9 Å². The van der Waals surface area contributed by atoms with Crippen molar-refractivity contribution >= 4 is 34.3 Å². The highest BCUT2D eigenvalue weighted by atomic mass is 35.5. The van der Waals surface area contributed by atoms with Crippen LogP contribution in [0.5, 0.6) is 0 Å². The minimum atomic E-state index is 0.521. The molecule has 0 N–H and O–H groups in total. The lowest BCUT2D eigenvalue weighted by Crippen LogP contribution is -1.96. The highest BCUT2D eigenvalue weighted by molar-refractivity contribution is 7.99. The quantitative estimate of drug-likeness (QED) is 0.676. The van der Waals surface area contributed by atoms with Crippen molar-refractivity contribution in [3.05, 3.63) is 47.6 Å². The molecule has 106 valence electrons. The molecule has 0 saturated carbocycles. The topological polar surface area (TPSA) is 51.6 Å². The maximum Gasteiger partial charge on any atom is 0.136 e. The molecule has 0 amide bonds. The van der Waals surface area contributed by atoms with Crippen LogP contribution in [0.1, 0.15) is 18.9 Å². The van der Waals surface area contributed by atoms with E-state index in [1.165, 1.54) is 18.1 Å². The molecular formula is C15H13ClN4S. The lowest BCUT2D eigenvalue weighted by atomic mass is 10.2. The summed E-state index contributed by atoms with van der Waals surface area (Å²) in [6.07, 6.45) is 4.91. The monoisotopic (exact) mass is 316 g/mol. The van der Waals surface area contributed by atoms with E-state index < -0.39 is 0 Å². The molecule has 0 atom stereocenters. The average molecular weight is 317 g/mol. The minimum Gasteiger partial charge on any atom is -0.236 e. The van der Waals surface area contributed by atoms with Gasteiger partial charge in [-0.2, -0.15) is 0 Å². The molecule has 6 heteroatoms. The number of halogens is 1. The van der Waals surface area contributed by atoms with E-state index in [2.05, 4.69) is 26.9 Å².